The molecular formula is C19H14CuF8N3O-3. The first kappa shape index (κ1) is 29.3. The Morgan fingerprint density at radius 3 is 1.72 bits per heavy atom. The number of para-hydroxylation sites is 2. The summed E-state index contributed by atoms with van der Waals surface area (Å²) in [6, 6.07) is 4.52. The van der Waals surface area contributed by atoms with Gasteiger partial charge in [-0.15, -0.1) is 6.17 Å². The summed E-state index contributed by atoms with van der Waals surface area (Å²) < 4.78 is 106. The van der Waals surface area contributed by atoms with E-state index in [1.807, 2.05) is 0 Å². The molecule has 1 radical (unpaired) electrons. The van der Waals surface area contributed by atoms with E-state index >= 15 is 0 Å². The fraction of sp³-hybridized carbons (Fsp3) is 0.263. The number of carbonyl (C=O) groups excluding carboxylic acids is 1. The molecule has 1 atom stereocenters. The van der Waals surface area contributed by atoms with E-state index in [1.54, 1.807) is 0 Å². The molecule has 2 aromatic carbocycles. The van der Waals surface area contributed by atoms with Crippen molar-refractivity contribution in [2.75, 3.05) is 0 Å². The van der Waals surface area contributed by atoms with E-state index in [9.17, 15) is 35.1 Å². The van der Waals surface area contributed by atoms with Crippen LogP contribution in [-0.4, -0.2) is 18.8 Å². The second kappa shape index (κ2) is 11.8. The Bertz CT molecular complexity index is 932. The Balaban J connectivity index is 0.00000311. The second-order valence-electron chi connectivity index (χ2n) is 5.82. The van der Waals surface area contributed by atoms with Gasteiger partial charge in [0.1, 0.15) is 11.6 Å². The molecule has 2 rings (SSSR count). The Kier molecular flexibility index (Phi) is 10.8. The average molecular weight is 516 g/mol. The zero-order chi connectivity index (χ0) is 24.0. The Morgan fingerprint density at radius 2 is 1.28 bits per heavy atom. The van der Waals surface area contributed by atoms with Gasteiger partial charge in [-0.05, 0) is 25.1 Å². The van der Waals surface area contributed by atoms with Gasteiger partial charge in [0, 0.05) is 28.3 Å². The molecule has 0 aliphatic rings. The van der Waals surface area contributed by atoms with Gasteiger partial charge in [-0.25, -0.2) is 8.78 Å². The van der Waals surface area contributed by atoms with Gasteiger partial charge in [0.05, 0.1) is 5.56 Å². The molecule has 0 spiro atoms. The van der Waals surface area contributed by atoms with Gasteiger partial charge in [0.25, 0.3) is 0 Å². The number of nitrogens with zero attached hydrogens (tertiary/aromatic N) is 3. The molecule has 0 aliphatic heterocycles. The second-order valence-corrected chi connectivity index (χ2v) is 5.82. The standard InChI is InChI=1S/C18H13F8N3.CHO.Cu/c1-9(28-15-11(17(21,22)23)5-3-7-13(15)19)27-10(2)29-16-12(18(24,25)26)6-4-8-14(16)20;1-2;/h3-9H,1-2H3;1H;/q-2;-1;. The maximum atomic E-state index is 13.8. The van der Waals surface area contributed by atoms with Crippen LogP contribution in [0, 0.1) is 11.6 Å². The zero-order valence-electron chi connectivity index (χ0n) is 16.2. The maximum Gasteiger partial charge on any atom is 0.416 e. The number of rotatable bonds is 4. The van der Waals surface area contributed by atoms with Gasteiger partial charge in [0.15, 0.2) is 0 Å². The van der Waals surface area contributed by atoms with Gasteiger partial charge in [0.2, 0.25) is 0 Å². The quantitative estimate of drug-likeness (QED) is 0.106. The van der Waals surface area contributed by atoms with E-state index in [4.69, 9.17) is 4.79 Å². The largest absolute Gasteiger partial charge is 0.680 e. The number of amidine groups is 1. The van der Waals surface area contributed by atoms with Crippen LogP contribution in [0.3, 0.4) is 0 Å². The van der Waals surface area contributed by atoms with Gasteiger partial charge in [-0.1, -0.05) is 36.6 Å². The van der Waals surface area contributed by atoms with Crippen molar-refractivity contribution >= 4 is 24.0 Å². The summed E-state index contributed by atoms with van der Waals surface area (Å²) in [6.45, 7) is 5.54. The summed E-state index contributed by atoms with van der Waals surface area (Å²) in [5.74, 6) is -2.89. The van der Waals surface area contributed by atoms with Crippen LogP contribution in [0.5, 0.6) is 0 Å². The van der Waals surface area contributed by atoms with Crippen LogP contribution in [0.15, 0.2) is 41.4 Å². The molecule has 0 saturated carbocycles. The molecule has 32 heavy (non-hydrogen) atoms. The van der Waals surface area contributed by atoms with Crippen molar-refractivity contribution in [2.24, 2.45) is 4.99 Å². The van der Waals surface area contributed by atoms with Gasteiger partial charge in [-0.3, -0.25) is 6.79 Å². The molecule has 4 nitrogen and oxygen atoms in total. The molecule has 181 valence electrons. The third-order valence-electron chi connectivity index (χ3n) is 3.55. The Morgan fingerprint density at radius 1 is 0.875 bits per heavy atom. The summed E-state index contributed by atoms with van der Waals surface area (Å²) in [7, 11) is 0. The molecule has 0 aliphatic carbocycles. The summed E-state index contributed by atoms with van der Waals surface area (Å²) >= 11 is 0. The van der Waals surface area contributed by atoms with Crippen LogP contribution < -0.4 is 0 Å². The Labute approximate surface area is 188 Å². The first-order chi connectivity index (χ1) is 14.3. The van der Waals surface area contributed by atoms with E-state index in [2.05, 4.69) is 22.4 Å². The van der Waals surface area contributed by atoms with Crippen molar-refractivity contribution in [2.45, 2.75) is 32.4 Å². The number of hydrogen-bond acceptors (Lipinski definition) is 2. The fourth-order valence-electron chi connectivity index (χ4n) is 2.41. The molecule has 0 saturated heterocycles. The van der Waals surface area contributed by atoms with Gasteiger partial charge in [-0.2, -0.15) is 26.3 Å². The molecule has 2 aromatic rings. The number of hydrogen-bond donors (Lipinski definition) is 0. The fourth-order valence-corrected chi connectivity index (χ4v) is 2.41. The molecule has 0 heterocycles. The number of alkyl halides is 6. The van der Waals surface area contributed by atoms with E-state index in [-0.39, 0.29) is 22.9 Å². The first-order valence-corrected chi connectivity index (χ1v) is 8.22. The summed E-state index contributed by atoms with van der Waals surface area (Å²) in [5, 5.41) is 7.02. The van der Waals surface area contributed by atoms with Crippen LogP contribution >= 0.6 is 0 Å². The third kappa shape index (κ3) is 7.79. The predicted octanol–water partition coefficient (Wildman–Crippen LogP) is 7.20. The van der Waals surface area contributed by atoms with Crippen molar-refractivity contribution < 1.29 is 57.0 Å². The van der Waals surface area contributed by atoms with Crippen LogP contribution in [0.2, 0.25) is 0 Å². The molecule has 0 bridgehead atoms. The summed E-state index contributed by atoms with van der Waals surface area (Å²) in [4.78, 5) is 11.5. The molecule has 13 heteroatoms. The van der Waals surface area contributed by atoms with Gasteiger partial charge >= 0.3 is 12.4 Å². The minimum absolute atomic E-state index is 0. The third-order valence-corrected chi connectivity index (χ3v) is 3.55. The molecule has 1 unspecified atom stereocenters. The molecular weight excluding hydrogens is 502 g/mol. The number of halogens is 8. The molecule has 0 amide bonds. The van der Waals surface area contributed by atoms with Crippen molar-refractivity contribution in [3.05, 3.63) is 69.8 Å². The van der Waals surface area contributed by atoms with Gasteiger partial charge < -0.3 is 20.4 Å². The van der Waals surface area contributed by atoms with E-state index in [0.29, 0.717) is 12.1 Å². The van der Waals surface area contributed by atoms with Crippen LogP contribution in [0.4, 0.5) is 46.5 Å². The maximum absolute atomic E-state index is 13.8. The minimum Gasteiger partial charge on any atom is -0.680 e. The molecule has 0 N–H and O–H groups in total. The average Bonchev–Trinajstić information content (AvgIpc) is 2.64. The Hall–Kier alpha value is -2.66. The SMILES string of the molecule is CC(=NC(C)[N-]c1c(F)cccc1C(F)(F)F)[N-]c1c(F)cccc1C(F)(F)F.[CH-]=O.[Cu]. The van der Waals surface area contributed by atoms with Crippen molar-refractivity contribution in [1.29, 1.82) is 0 Å². The smallest absolute Gasteiger partial charge is 0.416 e. The monoisotopic (exact) mass is 515 g/mol. The van der Waals surface area contributed by atoms with E-state index in [0.717, 1.165) is 31.2 Å². The van der Waals surface area contributed by atoms with Crippen LogP contribution in [0.1, 0.15) is 25.0 Å². The van der Waals surface area contributed by atoms with Crippen molar-refractivity contribution in [1.82, 2.24) is 0 Å². The zero-order valence-corrected chi connectivity index (χ0v) is 17.1. The van der Waals surface area contributed by atoms with Crippen molar-refractivity contribution in [3.8, 4) is 0 Å². The van der Waals surface area contributed by atoms with Crippen molar-refractivity contribution in [3.63, 3.8) is 0 Å². The normalized spacial score (nSPS) is 12.8. The minimum atomic E-state index is -4.88. The first-order valence-electron chi connectivity index (χ1n) is 8.22. The van der Waals surface area contributed by atoms with Crippen LogP contribution in [0.25, 0.3) is 10.6 Å². The number of benzene rings is 2. The molecule has 0 aromatic heterocycles. The molecule has 0 fully saturated rings. The van der Waals surface area contributed by atoms with E-state index in [1.165, 1.54) is 6.92 Å². The van der Waals surface area contributed by atoms with E-state index < -0.39 is 52.7 Å². The number of aliphatic imine (C=N–C) groups is 1. The summed E-state index contributed by atoms with van der Waals surface area (Å²) in [5.41, 5.74) is -4.69. The topological polar surface area (TPSA) is 57.6 Å². The van der Waals surface area contributed by atoms with Crippen LogP contribution in [-0.2, 0) is 34.2 Å². The summed E-state index contributed by atoms with van der Waals surface area (Å²) in [6.07, 6.45) is -11.1. The predicted molar refractivity (Wildman–Crippen MR) is 98.2 cm³/mol.